The molecule has 1 amide bonds. The molecule has 0 aliphatic carbocycles. The van der Waals surface area contributed by atoms with Crippen LogP contribution in [0.5, 0.6) is 0 Å². The first kappa shape index (κ1) is 19.8. The van der Waals surface area contributed by atoms with Gasteiger partial charge in [-0.2, -0.15) is 4.37 Å². The SMILES string of the molecule is CNc1snc(C)c1C(=O)NCCNS(=O)(=O)c1cccc([N+](=O)[O-])c1. The average Bonchev–Trinajstić information content (AvgIpc) is 2.99. The second-order valence-electron chi connectivity index (χ2n) is 5.13. The van der Waals surface area contributed by atoms with E-state index in [1.807, 2.05) is 0 Å². The number of benzene rings is 1. The van der Waals surface area contributed by atoms with Crippen LogP contribution in [0.3, 0.4) is 0 Å². The number of rotatable bonds is 8. The molecular weight excluding hydrogens is 382 g/mol. The van der Waals surface area contributed by atoms with Gasteiger partial charge in [0.1, 0.15) is 5.00 Å². The second kappa shape index (κ2) is 8.21. The van der Waals surface area contributed by atoms with E-state index in [4.69, 9.17) is 0 Å². The summed E-state index contributed by atoms with van der Waals surface area (Å²) in [5.41, 5.74) is 0.675. The molecule has 26 heavy (non-hydrogen) atoms. The van der Waals surface area contributed by atoms with Gasteiger partial charge in [-0.1, -0.05) is 6.07 Å². The number of anilines is 1. The zero-order chi connectivity index (χ0) is 19.3. The van der Waals surface area contributed by atoms with E-state index < -0.39 is 14.9 Å². The first-order valence-corrected chi connectivity index (χ1v) is 9.68. The highest BCUT2D eigenvalue weighted by Crippen LogP contribution is 2.23. The number of aromatic nitrogens is 1. The Kier molecular flexibility index (Phi) is 6.23. The van der Waals surface area contributed by atoms with E-state index >= 15 is 0 Å². The zero-order valence-corrected chi connectivity index (χ0v) is 15.6. The van der Waals surface area contributed by atoms with Gasteiger partial charge in [0.25, 0.3) is 11.6 Å². The zero-order valence-electron chi connectivity index (χ0n) is 14.0. The Labute approximate surface area is 154 Å². The average molecular weight is 399 g/mol. The molecule has 1 heterocycles. The number of non-ortho nitro benzene ring substituents is 1. The lowest BCUT2D eigenvalue weighted by atomic mass is 10.2. The summed E-state index contributed by atoms with van der Waals surface area (Å²) in [4.78, 5) is 22.0. The quantitative estimate of drug-likeness (QED) is 0.343. The summed E-state index contributed by atoms with van der Waals surface area (Å²) in [5, 5.41) is 16.8. The Bertz CT molecular complexity index is 926. The van der Waals surface area contributed by atoms with Gasteiger partial charge in [-0.15, -0.1) is 0 Å². The number of hydrogen-bond donors (Lipinski definition) is 3. The number of carbonyl (C=O) groups is 1. The van der Waals surface area contributed by atoms with Crippen molar-refractivity contribution in [3.05, 3.63) is 45.6 Å². The van der Waals surface area contributed by atoms with E-state index in [9.17, 15) is 23.3 Å². The minimum Gasteiger partial charge on any atom is -0.378 e. The third-order valence-electron chi connectivity index (χ3n) is 3.36. The summed E-state index contributed by atoms with van der Waals surface area (Å²) in [6, 6.07) is 4.73. The minimum atomic E-state index is -3.92. The fourth-order valence-electron chi connectivity index (χ4n) is 2.11. The number of nitrogens with one attached hydrogen (secondary N) is 3. The molecule has 1 aromatic carbocycles. The Morgan fingerprint density at radius 1 is 1.35 bits per heavy atom. The summed E-state index contributed by atoms with van der Waals surface area (Å²) < 4.78 is 30.7. The molecule has 0 unspecified atom stereocenters. The van der Waals surface area contributed by atoms with E-state index in [1.165, 1.54) is 18.2 Å². The van der Waals surface area contributed by atoms with Gasteiger partial charge in [0.05, 0.1) is 21.1 Å². The molecule has 0 saturated carbocycles. The Morgan fingerprint density at radius 3 is 2.73 bits per heavy atom. The summed E-state index contributed by atoms with van der Waals surface area (Å²) in [5.74, 6) is -0.366. The lowest BCUT2D eigenvalue weighted by Gasteiger charge is -2.09. The minimum absolute atomic E-state index is 0.0471. The number of amides is 1. The first-order valence-electron chi connectivity index (χ1n) is 7.42. The van der Waals surface area contributed by atoms with Crippen molar-refractivity contribution < 1.29 is 18.1 Å². The van der Waals surface area contributed by atoms with Crippen molar-refractivity contribution in [2.45, 2.75) is 11.8 Å². The molecule has 0 aliphatic rings. The molecule has 0 aliphatic heterocycles. The number of sulfonamides is 1. The van der Waals surface area contributed by atoms with Gasteiger partial charge in [-0.25, -0.2) is 13.1 Å². The fraction of sp³-hybridized carbons (Fsp3) is 0.286. The highest BCUT2D eigenvalue weighted by Gasteiger charge is 2.19. The normalized spacial score (nSPS) is 11.2. The van der Waals surface area contributed by atoms with Crippen LogP contribution in [-0.4, -0.2) is 43.8 Å². The van der Waals surface area contributed by atoms with E-state index in [2.05, 4.69) is 19.7 Å². The molecule has 1 aromatic heterocycles. The molecule has 140 valence electrons. The topological polar surface area (TPSA) is 143 Å². The van der Waals surface area contributed by atoms with Gasteiger partial charge in [0, 0.05) is 32.3 Å². The van der Waals surface area contributed by atoms with Crippen molar-refractivity contribution in [2.75, 3.05) is 25.5 Å². The smallest absolute Gasteiger partial charge is 0.270 e. The third kappa shape index (κ3) is 4.53. The van der Waals surface area contributed by atoms with Crippen molar-refractivity contribution >= 4 is 38.2 Å². The molecule has 0 atom stereocenters. The molecule has 10 nitrogen and oxygen atoms in total. The van der Waals surface area contributed by atoms with Gasteiger partial charge >= 0.3 is 0 Å². The number of nitro benzene ring substituents is 1. The van der Waals surface area contributed by atoms with Gasteiger partial charge < -0.3 is 10.6 Å². The lowest BCUT2D eigenvalue weighted by molar-refractivity contribution is -0.385. The van der Waals surface area contributed by atoms with Crippen LogP contribution < -0.4 is 15.4 Å². The van der Waals surface area contributed by atoms with Gasteiger partial charge in [-0.05, 0) is 24.5 Å². The van der Waals surface area contributed by atoms with Crippen LogP contribution in [0.1, 0.15) is 16.1 Å². The number of carbonyl (C=O) groups excluding carboxylic acids is 1. The van der Waals surface area contributed by atoms with Crippen LogP contribution in [0.25, 0.3) is 0 Å². The highest BCUT2D eigenvalue weighted by atomic mass is 32.2. The second-order valence-corrected chi connectivity index (χ2v) is 7.67. The van der Waals surface area contributed by atoms with Crippen molar-refractivity contribution in [1.29, 1.82) is 0 Å². The Balaban J connectivity index is 1.95. The van der Waals surface area contributed by atoms with Gasteiger partial charge in [0.15, 0.2) is 0 Å². The highest BCUT2D eigenvalue weighted by molar-refractivity contribution is 7.89. The van der Waals surface area contributed by atoms with Gasteiger partial charge in [-0.3, -0.25) is 14.9 Å². The van der Waals surface area contributed by atoms with Crippen LogP contribution in [0, 0.1) is 17.0 Å². The molecule has 0 saturated heterocycles. The Morgan fingerprint density at radius 2 is 2.08 bits per heavy atom. The van der Waals surface area contributed by atoms with Crippen molar-refractivity contribution in [2.24, 2.45) is 0 Å². The molecule has 3 N–H and O–H groups in total. The van der Waals surface area contributed by atoms with E-state index in [1.54, 1.807) is 14.0 Å². The van der Waals surface area contributed by atoms with Crippen LogP contribution in [0.15, 0.2) is 29.2 Å². The molecular formula is C14H17N5O5S2. The summed E-state index contributed by atoms with van der Waals surface area (Å²) >= 11 is 1.16. The van der Waals surface area contributed by atoms with Crippen LogP contribution in [0.4, 0.5) is 10.7 Å². The van der Waals surface area contributed by atoms with Gasteiger partial charge in [0.2, 0.25) is 10.0 Å². The Hall–Kier alpha value is -2.57. The van der Waals surface area contributed by atoms with Crippen LogP contribution in [0.2, 0.25) is 0 Å². The van der Waals surface area contributed by atoms with E-state index in [-0.39, 0.29) is 29.6 Å². The fourth-order valence-corrected chi connectivity index (χ4v) is 3.92. The first-order chi connectivity index (χ1) is 12.3. The molecule has 2 rings (SSSR count). The van der Waals surface area contributed by atoms with Crippen LogP contribution >= 0.6 is 11.5 Å². The molecule has 0 fully saturated rings. The third-order valence-corrected chi connectivity index (χ3v) is 5.77. The lowest BCUT2D eigenvalue weighted by Crippen LogP contribution is -2.35. The predicted molar refractivity (Wildman–Crippen MR) is 97.0 cm³/mol. The molecule has 0 radical (unpaired) electrons. The summed E-state index contributed by atoms with van der Waals surface area (Å²) in [6.07, 6.45) is 0. The van der Waals surface area contributed by atoms with Crippen molar-refractivity contribution in [3.8, 4) is 0 Å². The number of nitro groups is 1. The predicted octanol–water partition coefficient (Wildman–Crippen LogP) is 1.11. The van der Waals surface area contributed by atoms with E-state index in [0.29, 0.717) is 16.3 Å². The number of aryl methyl sites for hydroxylation is 1. The van der Waals surface area contributed by atoms with E-state index in [0.717, 1.165) is 17.6 Å². The molecule has 12 heteroatoms. The van der Waals surface area contributed by atoms with Crippen molar-refractivity contribution in [3.63, 3.8) is 0 Å². The molecule has 0 bridgehead atoms. The number of nitrogens with zero attached hydrogens (tertiary/aromatic N) is 2. The largest absolute Gasteiger partial charge is 0.378 e. The summed E-state index contributed by atoms with van der Waals surface area (Å²) in [7, 11) is -2.24. The number of hydrogen-bond acceptors (Lipinski definition) is 8. The molecule has 2 aromatic rings. The maximum Gasteiger partial charge on any atom is 0.270 e. The standard InChI is InChI=1S/C14H17N5O5S2/c1-9-12(14(15-2)25-18-9)13(20)16-6-7-17-26(23,24)11-5-3-4-10(8-11)19(21)22/h3-5,8,15,17H,6-7H2,1-2H3,(H,16,20). The monoisotopic (exact) mass is 399 g/mol. The van der Waals surface area contributed by atoms with Crippen molar-refractivity contribution in [1.82, 2.24) is 14.4 Å². The maximum absolute atomic E-state index is 12.2. The van der Waals surface area contributed by atoms with Crippen LogP contribution in [-0.2, 0) is 10.0 Å². The summed E-state index contributed by atoms with van der Waals surface area (Å²) in [6.45, 7) is 1.69. The molecule has 0 spiro atoms. The maximum atomic E-state index is 12.2.